The third kappa shape index (κ3) is 1.73. The highest BCUT2D eigenvalue weighted by Gasteiger charge is 2.19. The first kappa shape index (κ1) is 8.99. The second-order valence-electron chi connectivity index (χ2n) is 2.07. The fourth-order valence-corrected chi connectivity index (χ4v) is 1.06. The van der Waals surface area contributed by atoms with E-state index in [-0.39, 0.29) is 5.69 Å². The van der Waals surface area contributed by atoms with Crippen molar-refractivity contribution in [2.24, 2.45) is 0 Å². The lowest BCUT2D eigenvalue weighted by molar-refractivity contribution is -0.906. The summed E-state index contributed by atoms with van der Waals surface area (Å²) in [7, 11) is 1.25. The number of aromatic nitrogens is 1. The maximum Gasteiger partial charge on any atom is 0.408 e. The second kappa shape index (κ2) is 3.53. The molecule has 64 valence electrons. The number of hydrogen-bond acceptors (Lipinski definition) is 3. The zero-order valence-corrected chi connectivity index (χ0v) is 7.91. The van der Waals surface area contributed by atoms with Gasteiger partial charge < -0.3 is 4.74 Å². The van der Waals surface area contributed by atoms with Crippen LogP contribution in [-0.2, 0) is 4.74 Å². The lowest BCUT2D eigenvalue weighted by atomic mass is 10.3. The standard InChI is InChI=1S/C7H7BrNO3/c1-12-7(10)6-3-2-5(8)4-9(6)11/h2-4,11H,1H3/q+1. The van der Waals surface area contributed by atoms with Gasteiger partial charge in [-0.05, 0) is 22.0 Å². The maximum atomic E-state index is 10.9. The van der Waals surface area contributed by atoms with Crippen LogP contribution in [0.1, 0.15) is 10.5 Å². The molecule has 0 aliphatic carbocycles. The number of halogens is 1. The number of ether oxygens (including phenoxy) is 1. The van der Waals surface area contributed by atoms with Gasteiger partial charge in [-0.1, -0.05) is 0 Å². The average Bonchev–Trinajstić information content (AvgIpc) is 2.03. The van der Waals surface area contributed by atoms with Crippen LogP contribution in [0.4, 0.5) is 0 Å². The van der Waals surface area contributed by atoms with Gasteiger partial charge in [0, 0.05) is 10.8 Å². The predicted octanol–water partition coefficient (Wildman–Crippen LogP) is 0.760. The number of carbonyl (C=O) groups excluding carboxylic acids is 1. The van der Waals surface area contributed by atoms with Crippen molar-refractivity contribution in [2.45, 2.75) is 0 Å². The summed E-state index contributed by atoms with van der Waals surface area (Å²) in [5, 5.41) is 9.18. The summed E-state index contributed by atoms with van der Waals surface area (Å²) in [6.07, 6.45) is 1.35. The Balaban J connectivity index is 3.09. The van der Waals surface area contributed by atoms with Crippen LogP contribution >= 0.6 is 15.9 Å². The largest absolute Gasteiger partial charge is 0.461 e. The van der Waals surface area contributed by atoms with Crippen LogP contribution in [0.5, 0.6) is 0 Å². The topological polar surface area (TPSA) is 50.4 Å². The molecule has 1 aromatic heterocycles. The summed E-state index contributed by atoms with van der Waals surface area (Å²) < 4.78 is 5.80. The molecule has 1 aromatic rings. The quantitative estimate of drug-likeness (QED) is 0.442. The van der Waals surface area contributed by atoms with E-state index in [1.54, 1.807) is 6.07 Å². The van der Waals surface area contributed by atoms with Gasteiger partial charge in [-0.15, -0.1) is 0 Å². The number of hydrogen-bond donors (Lipinski definition) is 1. The van der Waals surface area contributed by atoms with Crippen molar-refractivity contribution >= 4 is 21.9 Å². The van der Waals surface area contributed by atoms with E-state index in [2.05, 4.69) is 20.7 Å². The van der Waals surface area contributed by atoms with Crippen molar-refractivity contribution in [1.82, 2.24) is 0 Å². The Morgan fingerprint density at radius 3 is 2.83 bits per heavy atom. The predicted molar refractivity (Wildman–Crippen MR) is 42.9 cm³/mol. The normalized spacial score (nSPS) is 9.50. The number of esters is 1. The molecule has 0 unspecified atom stereocenters. The third-order valence-corrected chi connectivity index (χ3v) is 1.76. The molecule has 0 fully saturated rings. The lowest BCUT2D eigenvalue weighted by Gasteiger charge is -1.94. The molecule has 0 saturated carbocycles. The Kier molecular flexibility index (Phi) is 2.65. The third-order valence-electron chi connectivity index (χ3n) is 1.29. The van der Waals surface area contributed by atoms with E-state index in [9.17, 15) is 10.0 Å². The van der Waals surface area contributed by atoms with Crippen molar-refractivity contribution in [1.29, 1.82) is 0 Å². The minimum Gasteiger partial charge on any atom is -0.461 e. The molecule has 1 rings (SSSR count). The molecule has 0 radical (unpaired) electrons. The monoisotopic (exact) mass is 232 g/mol. The molecule has 0 aliphatic heterocycles. The number of pyridine rings is 1. The van der Waals surface area contributed by atoms with Crippen LogP contribution in [-0.4, -0.2) is 18.3 Å². The van der Waals surface area contributed by atoms with Crippen molar-refractivity contribution < 1.29 is 19.5 Å². The molecule has 12 heavy (non-hydrogen) atoms. The minimum atomic E-state index is -0.579. The van der Waals surface area contributed by atoms with Gasteiger partial charge in [0.2, 0.25) is 6.20 Å². The van der Waals surface area contributed by atoms with Crippen LogP contribution < -0.4 is 4.73 Å². The molecular formula is C7H7BrNO3+. The summed E-state index contributed by atoms with van der Waals surface area (Å²) in [5.74, 6) is -0.579. The van der Waals surface area contributed by atoms with Crippen molar-refractivity contribution in [3.8, 4) is 0 Å². The second-order valence-corrected chi connectivity index (χ2v) is 2.98. The van der Waals surface area contributed by atoms with E-state index in [0.29, 0.717) is 9.20 Å². The fraction of sp³-hybridized carbons (Fsp3) is 0.143. The molecule has 0 atom stereocenters. The van der Waals surface area contributed by atoms with Crippen LogP contribution in [0.2, 0.25) is 0 Å². The van der Waals surface area contributed by atoms with Crippen LogP contribution in [0.15, 0.2) is 22.8 Å². The molecular weight excluding hydrogens is 226 g/mol. The summed E-state index contributed by atoms with van der Waals surface area (Å²) in [4.78, 5) is 10.9. The van der Waals surface area contributed by atoms with Crippen molar-refractivity contribution in [3.63, 3.8) is 0 Å². The maximum absolute atomic E-state index is 10.9. The van der Waals surface area contributed by atoms with Gasteiger partial charge in [0.15, 0.2) is 0 Å². The van der Waals surface area contributed by atoms with Gasteiger partial charge >= 0.3 is 11.7 Å². The summed E-state index contributed by atoms with van der Waals surface area (Å²) in [6.45, 7) is 0. The summed E-state index contributed by atoms with van der Waals surface area (Å²) >= 11 is 3.13. The summed E-state index contributed by atoms with van der Waals surface area (Å²) in [6, 6.07) is 3.09. The highest BCUT2D eigenvalue weighted by molar-refractivity contribution is 9.10. The van der Waals surface area contributed by atoms with Crippen LogP contribution in [0, 0.1) is 0 Å². The average molecular weight is 233 g/mol. The summed E-state index contributed by atoms with van der Waals surface area (Å²) in [5.41, 5.74) is 0.0840. The molecule has 0 spiro atoms. The van der Waals surface area contributed by atoms with E-state index in [4.69, 9.17) is 0 Å². The number of rotatable bonds is 1. The number of methoxy groups -OCH3 is 1. The van der Waals surface area contributed by atoms with Crippen LogP contribution in [0.25, 0.3) is 0 Å². The van der Waals surface area contributed by atoms with E-state index >= 15 is 0 Å². The zero-order valence-electron chi connectivity index (χ0n) is 6.32. The SMILES string of the molecule is COC(=O)c1ccc(Br)c[n+]1O. The minimum absolute atomic E-state index is 0.0840. The first-order valence-corrected chi connectivity index (χ1v) is 3.93. The molecule has 0 amide bonds. The molecule has 0 aromatic carbocycles. The Bertz CT molecular complexity index is 314. The molecule has 1 heterocycles. The van der Waals surface area contributed by atoms with Gasteiger partial charge in [-0.25, -0.2) is 4.79 Å². The smallest absolute Gasteiger partial charge is 0.408 e. The Morgan fingerprint density at radius 2 is 2.33 bits per heavy atom. The van der Waals surface area contributed by atoms with E-state index in [0.717, 1.165) is 0 Å². The van der Waals surface area contributed by atoms with Gasteiger partial charge in [0.1, 0.15) is 0 Å². The molecule has 5 heteroatoms. The Morgan fingerprint density at radius 1 is 1.67 bits per heavy atom. The van der Waals surface area contributed by atoms with Gasteiger partial charge in [-0.2, -0.15) is 0 Å². The van der Waals surface area contributed by atoms with Gasteiger partial charge in [-0.3, -0.25) is 5.21 Å². The highest BCUT2D eigenvalue weighted by atomic mass is 79.9. The van der Waals surface area contributed by atoms with E-state index in [1.165, 1.54) is 19.4 Å². The first-order chi connectivity index (χ1) is 5.65. The van der Waals surface area contributed by atoms with E-state index in [1.807, 2.05) is 0 Å². The van der Waals surface area contributed by atoms with Gasteiger partial charge in [0.25, 0.3) is 0 Å². The fourth-order valence-electron chi connectivity index (χ4n) is 0.730. The lowest BCUT2D eigenvalue weighted by Crippen LogP contribution is -2.37. The van der Waals surface area contributed by atoms with Crippen molar-refractivity contribution in [2.75, 3.05) is 7.11 Å². The number of nitrogens with zero attached hydrogens (tertiary/aromatic N) is 1. The first-order valence-electron chi connectivity index (χ1n) is 3.14. The molecule has 4 nitrogen and oxygen atoms in total. The number of carbonyl (C=O) groups is 1. The zero-order chi connectivity index (χ0) is 9.14. The Hall–Kier alpha value is -1.10. The Labute approximate surface area is 77.5 Å². The molecule has 0 saturated heterocycles. The van der Waals surface area contributed by atoms with Crippen LogP contribution in [0.3, 0.4) is 0 Å². The molecule has 0 bridgehead atoms. The molecule has 0 aliphatic rings. The molecule has 1 N–H and O–H groups in total. The highest BCUT2D eigenvalue weighted by Crippen LogP contribution is 2.05. The van der Waals surface area contributed by atoms with Gasteiger partial charge in [0.05, 0.1) is 11.6 Å². The van der Waals surface area contributed by atoms with Crippen molar-refractivity contribution in [3.05, 3.63) is 28.5 Å². The van der Waals surface area contributed by atoms with E-state index < -0.39 is 5.97 Å².